The number of benzene rings is 2. The summed E-state index contributed by atoms with van der Waals surface area (Å²) in [6.45, 7) is 2.22. The second-order valence-corrected chi connectivity index (χ2v) is 10.0. The molecule has 2 aliphatic rings. The smallest absolute Gasteiger partial charge is 0.223 e. The molecule has 2 aliphatic heterocycles. The van der Waals surface area contributed by atoms with Gasteiger partial charge in [-0.1, -0.05) is 60.7 Å². The zero-order valence-corrected chi connectivity index (χ0v) is 18.1. The van der Waals surface area contributed by atoms with Gasteiger partial charge in [-0.2, -0.15) is 0 Å². The van der Waals surface area contributed by atoms with Crippen molar-refractivity contribution in [1.82, 2.24) is 9.62 Å². The van der Waals surface area contributed by atoms with Crippen molar-refractivity contribution in [2.75, 3.05) is 12.3 Å². The van der Waals surface area contributed by atoms with Gasteiger partial charge in [-0.3, -0.25) is 4.79 Å². The molecule has 2 bridgehead atoms. The number of hydrogen-bond donors (Lipinski definition) is 1. The molecule has 2 unspecified atom stereocenters. The summed E-state index contributed by atoms with van der Waals surface area (Å²) in [5.41, 5.74) is 4.53. The van der Waals surface area contributed by atoms with Gasteiger partial charge in [-0.25, -0.2) is 13.1 Å². The summed E-state index contributed by atoms with van der Waals surface area (Å²) >= 11 is 0. The van der Waals surface area contributed by atoms with Crippen molar-refractivity contribution in [3.8, 4) is 11.1 Å². The minimum Gasteiger partial charge on any atom is -0.338 e. The summed E-state index contributed by atoms with van der Waals surface area (Å²) in [5, 5.41) is 0. The third-order valence-electron chi connectivity index (χ3n) is 6.04. The van der Waals surface area contributed by atoms with E-state index in [0.717, 1.165) is 22.3 Å². The first-order valence-corrected chi connectivity index (χ1v) is 12.3. The number of rotatable bonds is 3. The highest BCUT2D eigenvalue weighted by Crippen LogP contribution is 2.29. The molecule has 4 rings (SSSR count). The number of hydrogen-bond acceptors (Lipinski definition) is 3. The molecule has 0 radical (unpaired) electrons. The lowest BCUT2D eigenvalue weighted by Crippen LogP contribution is -2.48. The molecule has 1 N–H and O–H groups in total. The summed E-state index contributed by atoms with van der Waals surface area (Å²) < 4.78 is 27.3. The van der Waals surface area contributed by atoms with Gasteiger partial charge in [-0.05, 0) is 48.4 Å². The van der Waals surface area contributed by atoms with E-state index in [2.05, 4.69) is 47.2 Å². The van der Waals surface area contributed by atoms with Gasteiger partial charge in [0.15, 0.2) is 0 Å². The van der Waals surface area contributed by atoms with Crippen molar-refractivity contribution in [3.05, 3.63) is 65.7 Å². The second-order valence-electron chi connectivity index (χ2n) is 8.00. The van der Waals surface area contributed by atoms with Crippen LogP contribution in [-0.4, -0.2) is 43.6 Å². The maximum atomic E-state index is 13.0. The Labute approximate surface area is 178 Å². The van der Waals surface area contributed by atoms with E-state index in [0.29, 0.717) is 32.2 Å². The van der Waals surface area contributed by atoms with Crippen LogP contribution in [0.3, 0.4) is 0 Å². The van der Waals surface area contributed by atoms with Gasteiger partial charge in [0.1, 0.15) is 0 Å². The highest BCUT2D eigenvalue weighted by Gasteiger charge is 2.38. The summed E-state index contributed by atoms with van der Waals surface area (Å²) in [4.78, 5) is 14.8. The molecule has 2 atom stereocenters. The first kappa shape index (κ1) is 20.8. The number of nitrogens with one attached hydrogen (secondary N) is 1. The van der Waals surface area contributed by atoms with Crippen molar-refractivity contribution in [3.63, 3.8) is 0 Å². The number of sulfonamides is 1. The molecule has 2 aromatic carbocycles. The highest BCUT2D eigenvalue weighted by molar-refractivity contribution is 7.89. The fourth-order valence-corrected chi connectivity index (χ4v) is 5.34. The zero-order valence-electron chi connectivity index (χ0n) is 17.3. The molecule has 0 aromatic heterocycles. The van der Waals surface area contributed by atoms with E-state index in [-0.39, 0.29) is 23.7 Å². The molecule has 2 heterocycles. The Morgan fingerprint density at radius 3 is 2.80 bits per heavy atom. The number of carbonyl (C=O) groups is 1. The van der Waals surface area contributed by atoms with Crippen molar-refractivity contribution in [2.24, 2.45) is 0 Å². The molecule has 1 fully saturated rings. The molecule has 0 aliphatic carbocycles. The molecular formula is C24H28N2O3S. The van der Waals surface area contributed by atoms with Gasteiger partial charge in [-0.15, -0.1) is 0 Å². The van der Waals surface area contributed by atoms with Crippen molar-refractivity contribution in [2.45, 2.75) is 44.7 Å². The molecule has 0 saturated carbocycles. The third kappa shape index (κ3) is 4.50. The first-order valence-electron chi connectivity index (χ1n) is 10.6. The van der Waals surface area contributed by atoms with E-state index in [4.69, 9.17) is 0 Å². The normalized spacial score (nSPS) is 23.0. The average molecular weight is 425 g/mol. The quantitative estimate of drug-likeness (QED) is 0.819. The number of allylic oxidation sites excluding steroid dienone is 1. The Morgan fingerprint density at radius 2 is 1.97 bits per heavy atom. The van der Waals surface area contributed by atoms with E-state index in [1.807, 2.05) is 23.1 Å². The number of amides is 1. The van der Waals surface area contributed by atoms with Crippen LogP contribution in [0.15, 0.2) is 54.6 Å². The predicted molar refractivity (Wildman–Crippen MR) is 120 cm³/mol. The van der Waals surface area contributed by atoms with Crippen LogP contribution in [0.5, 0.6) is 0 Å². The fraction of sp³-hybridized carbons (Fsp3) is 0.375. The average Bonchev–Trinajstić information content (AvgIpc) is 3.12. The minimum absolute atomic E-state index is 0.0429. The van der Waals surface area contributed by atoms with E-state index >= 15 is 0 Å². The summed E-state index contributed by atoms with van der Waals surface area (Å²) in [6, 6.07) is 16.2. The van der Waals surface area contributed by atoms with Gasteiger partial charge >= 0.3 is 0 Å². The summed E-state index contributed by atoms with van der Waals surface area (Å²) in [5.74, 6) is 0.132. The van der Waals surface area contributed by atoms with Crippen molar-refractivity contribution < 1.29 is 13.2 Å². The number of carbonyl (C=O) groups excluding carboxylic acids is 1. The van der Waals surface area contributed by atoms with Crippen LogP contribution < -0.4 is 4.72 Å². The minimum atomic E-state index is -3.34. The van der Waals surface area contributed by atoms with Crippen LogP contribution in [0.2, 0.25) is 0 Å². The lowest BCUT2D eigenvalue weighted by atomic mass is 9.94. The number of nitrogens with zero attached hydrogens (tertiary/aromatic N) is 1. The van der Waals surface area contributed by atoms with E-state index in [1.165, 1.54) is 0 Å². The van der Waals surface area contributed by atoms with Gasteiger partial charge < -0.3 is 4.90 Å². The van der Waals surface area contributed by atoms with E-state index in [9.17, 15) is 13.2 Å². The summed E-state index contributed by atoms with van der Waals surface area (Å²) in [6.07, 6.45) is 6.52. The molecule has 158 valence electrons. The van der Waals surface area contributed by atoms with Crippen molar-refractivity contribution in [1.29, 1.82) is 0 Å². The molecular weight excluding hydrogens is 396 g/mol. The molecule has 30 heavy (non-hydrogen) atoms. The highest BCUT2D eigenvalue weighted by atomic mass is 32.2. The van der Waals surface area contributed by atoms with Crippen LogP contribution in [0.25, 0.3) is 17.2 Å². The van der Waals surface area contributed by atoms with Gasteiger partial charge in [0, 0.05) is 19.0 Å². The topological polar surface area (TPSA) is 66.5 Å². The summed E-state index contributed by atoms with van der Waals surface area (Å²) in [7, 11) is -3.34. The Balaban J connectivity index is 1.73. The maximum Gasteiger partial charge on any atom is 0.223 e. The molecule has 1 amide bonds. The van der Waals surface area contributed by atoms with Crippen LogP contribution in [0.4, 0.5) is 0 Å². The SMILES string of the molecule is CCS(=O)(=O)NC1CCN2C(=O)CC/C=C\c3ccccc3-c3cccc(c3)CC12. The van der Waals surface area contributed by atoms with Gasteiger partial charge in [0.05, 0.1) is 11.8 Å². The fourth-order valence-electron chi connectivity index (χ4n) is 4.44. The second kappa shape index (κ2) is 8.74. The standard InChI is InChI=1S/C24H28N2O3S/c1-2-30(28,29)25-22-14-15-26-23(22)17-18-8-7-11-20(16-18)21-12-5-3-9-19(21)10-4-6-13-24(26)27/h3-5,7-12,16,22-23,25H,2,6,13-15,17H2,1H3/b10-4-. The maximum absolute atomic E-state index is 13.0. The van der Waals surface area contributed by atoms with Crippen molar-refractivity contribution >= 4 is 22.0 Å². The van der Waals surface area contributed by atoms with E-state index in [1.54, 1.807) is 6.92 Å². The van der Waals surface area contributed by atoms with Crippen LogP contribution in [-0.2, 0) is 21.2 Å². The third-order valence-corrected chi connectivity index (χ3v) is 7.46. The monoisotopic (exact) mass is 424 g/mol. The van der Waals surface area contributed by atoms with Gasteiger partial charge in [0.2, 0.25) is 15.9 Å². The first-order chi connectivity index (χ1) is 14.5. The largest absolute Gasteiger partial charge is 0.338 e. The Hall–Kier alpha value is -2.44. The van der Waals surface area contributed by atoms with Gasteiger partial charge in [0.25, 0.3) is 0 Å². The van der Waals surface area contributed by atoms with Crippen LogP contribution in [0, 0.1) is 0 Å². The molecule has 2 aromatic rings. The van der Waals surface area contributed by atoms with Crippen LogP contribution >= 0.6 is 0 Å². The molecule has 6 heteroatoms. The molecule has 5 nitrogen and oxygen atoms in total. The zero-order chi connectivity index (χ0) is 21.1. The molecule has 1 saturated heterocycles. The van der Waals surface area contributed by atoms with E-state index < -0.39 is 10.0 Å². The lowest BCUT2D eigenvalue weighted by molar-refractivity contribution is -0.132. The Kier molecular flexibility index (Phi) is 6.06. The predicted octanol–water partition coefficient (Wildman–Crippen LogP) is 3.61. The Bertz CT molecular complexity index is 1060. The van der Waals surface area contributed by atoms with Crippen LogP contribution in [0.1, 0.15) is 37.3 Å². The number of fused-ring (bicyclic) bond motifs is 5. The Morgan fingerprint density at radius 1 is 1.13 bits per heavy atom. The lowest BCUT2D eigenvalue weighted by Gasteiger charge is -2.29. The molecule has 0 spiro atoms.